The number of methoxy groups -OCH3 is 1. The van der Waals surface area contributed by atoms with Crippen LogP contribution in [0.2, 0.25) is 0 Å². The number of piperazine rings is 1. The summed E-state index contributed by atoms with van der Waals surface area (Å²) in [5.74, 6) is 0.268. The molecule has 2 fully saturated rings. The lowest BCUT2D eigenvalue weighted by Crippen LogP contribution is -2.74. The van der Waals surface area contributed by atoms with Crippen LogP contribution in [0.1, 0.15) is 34.2 Å². The highest BCUT2D eigenvalue weighted by Crippen LogP contribution is 2.36. The molecule has 1 N–H and O–H groups in total. The Labute approximate surface area is 263 Å². The third kappa shape index (κ3) is 6.25. The Bertz CT molecular complexity index is 1580. The summed E-state index contributed by atoms with van der Waals surface area (Å²) in [6, 6.07) is 35.9. The first-order valence-corrected chi connectivity index (χ1v) is 15.1. The molecule has 9 nitrogen and oxygen atoms in total. The zero-order valence-corrected chi connectivity index (χ0v) is 25.5. The van der Waals surface area contributed by atoms with Gasteiger partial charge in [0.2, 0.25) is 11.8 Å². The third-order valence-electron chi connectivity index (χ3n) is 8.56. The third-order valence-corrected chi connectivity index (χ3v) is 8.56. The van der Waals surface area contributed by atoms with Crippen LogP contribution in [0.5, 0.6) is 5.75 Å². The van der Waals surface area contributed by atoms with Crippen LogP contribution >= 0.6 is 0 Å². The van der Waals surface area contributed by atoms with Crippen LogP contribution in [0.3, 0.4) is 0 Å². The summed E-state index contributed by atoms with van der Waals surface area (Å²) in [7, 11) is 3.34. The van der Waals surface area contributed by atoms with E-state index in [9.17, 15) is 14.4 Å². The van der Waals surface area contributed by atoms with Gasteiger partial charge in [-0.1, -0.05) is 103 Å². The highest BCUT2D eigenvalue weighted by molar-refractivity contribution is 5.92. The van der Waals surface area contributed by atoms with Crippen molar-refractivity contribution in [2.24, 2.45) is 0 Å². The van der Waals surface area contributed by atoms with Crippen LogP contribution in [0.4, 0.5) is 4.79 Å². The van der Waals surface area contributed by atoms with E-state index >= 15 is 0 Å². The second kappa shape index (κ2) is 13.2. The van der Waals surface area contributed by atoms with Crippen molar-refractivity contribution in [2.75, 3.05) is 33.8 Å². The normalized spacial score (nSPS) is 18.6. The highest BCUT2D eigenvalue weighted by Gasteiger charge is 2.51. The highest BCUT2D eigenvalue weighted by atomic mass is 16.5. The fraction of sp³-hybridized carbons (Fsp3) is 0.250. The van der Waals surface area contributed by atoms with E-state index in [1.807, 2.05) is 95.9 Å². The molecule has 4 amide bonds. The van der Waals surface area contributed by atoms with E-state index in [-0.39, 0.29) is 36.9 Å². The Morgan fingerprint density at radius 2 is 1.42 bits per heavy atom. The number of urea groups is 1. The maximum absolute atomic E-state index is 14.4. The van der Waals surface area contributed by atoms with Gasteiger partial charge in [0, 0.05) is 26.1 Å². The molecule has 2 aliphatic heterocycles. The van der Waals surface area contributed by atoms with E-state index in [4.69, 9.17) is 4.74 Å². The van der Waals surface area contributed by atoms with Crippen molar-refractivity contribution in [3.63, 3.8) is 0 Å². The number of ether oxygens (including phenoxy) is 1. The zero-order valence-electron chi connectivity index (χ0n) is 25.5. The molecule has 2 saturated heterocycles. The van der Waals surface area contributed by atoms with E-state index < -0.39 is 12.2 Å². The topological polar surface area (TPSA) is 85.4 Å². The predicted octanol–water partition coefficient (Wildman–Crippen LogP) is 4.64. The average Bonchev–Trinajstić information content (AvgIpc) is 3.08. The summed E-state index contributed by atoms with van der Waals surface area (Å²) >= 11 is 0. The van der Waals surface area contributed by atoms with Crippen molar-refractivity contribution in [1.29, 1.82) is 0 Å². The molecule has 0 radical (unpaired) electrons. The number of fused-ring (bicyclic) bond motifs is 1. The molecule has 230 valence electrons. The number of amides is 4. The summed E-state index contributed by atoms with van der Waals surface area (Å²) in [5, 5.41) is 6.25. The van der Waals surface area contributed by atoms with Crippen molar-refractivity contribution < 1.29 is 19.1 Å². The van der Waals surface area contributed by atoms with Gasteiger partial charge in [-0.05, 0) is 34.4 Å². The summed E-state index contributed by atoms with van der Waals surface area (Å²) in [6.07, 6.45) is -0.706. The molecule has 2 aliphatic rings. The lowest BCUT2D eigenvalue weighted by molar-refractivity contribution is -0.187. The molecule has 0 aromatic heterocycles. The summed E-state index contributed by atoms with van der Waals surface area (Å²) in [4.78, 5) is 45.4. The van der Waals surface area contributed by atoms with Crippen LogP contribution in [0, 0.1) is 0 Å². The number of hydrogen-bond acceptors (Lipinski definition) is 5. The fourth-order valence-corrected chi connectivity index (χ4v) is 6.32. The Balaban J connectivity index is 1.34. The van der Waals surface area contributed by atoms with E-state index in [0.717, 1.165) is 22.4 Å². The quantitative estimate of drug-likeness (QED) is 0.317. The minimum absolute atomic E-state index is 0.0281. The van der Waals surface area contributed by atoms with Crippen LogP contribution < -0.4 is 10.1 Å². The smallest absolute Gasteiger partial charge is 0.334 e. The van der Waals surface area contributed by atoms with Gasteiger partial charge in [0.25, 0.3) is 0 Å². The molecule has 2 atom stereocenters. The number of hydrogen-bond donors (Lipinski definition) is 1. The van der Waals surface area contributed by atoms with Crippen molar-refractivity contribution >= 4 is 17.8 Å². The SMILES string of the molecule is COc1ccc(CNC(=O)N2C3CN(CC(c4ccccc4)c4ccccc4)C(=O)C(c4ccccc4)N3C(=O)CN2C)cc1. The second-order valence-electron chi connectivity index (χ2n) is 11.4. The molecule has 4 aromatic rings. The standard InChI is InChI=1S/C36H37N5O4/c1-38-25-33(42)40-32(41(38)36(44)37-22-26-18-20-30(45-2)21-19-26)24-39(35(43)34(40)29-16-10-5-11-17-29)23-31(27-12-6-3-7-13-27)28-14-8-4-9-15-28/h3-21,31-32,34H,22-25H2,1-2H3,(H,37,44). The number of carbonyl (C=O) groups excluding carboxylic acids is 3. The molecular weight excluding hydrogens is 566 g/mol. The molecule has 0 bridgehead atoms. The minimum Gasteiger partial charge on any atom is -0.497 e. The van der Waals surface area contributed by atoms with Crippen molar-refractivity contribution in [1.82, 2.24) is 25.1 Å². The van der Waals surface area contributed by atoms with Gasteiger partial charge >= 0.3 is 6.03 Å². The van der Waals surface area contributed by atoms with E-state index in [1.54, 1.807) is 29.1 Å². The van der Waals surface area contributed by atoms with Crippen LogP contribution in [0.25, 0.3) is 0 Å². The number of nitrogens with one attached hydrogen (secondary N) is 1. The van der Waals surface area contributed by atoms with Gasteiger partial charge in [0.15, 0.2) is 0 Å². The van der Waals surface area contributed by atoms with Gasteiger partial charge in [-0.2, -0.15) is 0 Å². The largest absolute Gasteiger partial charge is 0.497 e. The van der Waals surface area contributed by atoms with Crippen LogP contribution in [-0.2, 0) is 16.1 Å². The summed E-state index contributed by atoms with van der Waals surface area (Å²) in [5.41, 5.74) is 3.79. The maximum atomic E-state index is 14.4. The number of nitrogens with zero attached hydrogens (tertiary/aromatic N) is 4. The molecule has 0 aliphatic carbocycles. The van der Waals surface area contributed by atoms with Gasteiger partial charge in [0.1, 0.15) is 18.0 Å². The average molecular weight is 604 g/mol. The maximum Gasteiger partial charge on any atom is 0.334 e. The Kier molecular flexibility index (Phi) is 8.79. The minimum atomic E-state index is -0.866. The number of benzene rings is 4. The lowest BCUT2D eigenvalue weighted by Gasteiger charge is -2.54. The van der Waals surface area contributed by atoms with E-state index in [2.05, 4.69) is 29.6 Å². The van der Waals surface area contributed by atoms with Crippen molar-refractivity contribution in [3.8, 4) is 5.75 Å². The molecule has 2 heterocycles. The van der Waals surface area contributed by atoms with Crippen molar-refractivity contribution in [2.45, 2.75) is 24.7 Å². The fourth-order valence-electron chi connectivity index (χ4n) is 6.32. The van der Waals surface area contributed by atoms with Gasteiger partial charge < -0.3 is 19.9 Å². The molecule has 0 saturated carbocycles. The van der Waals surface area contributed by atoms with Crippen molar-refractivity contribution in [3.05, 3.63) is 138 Å². The summed E-state index contributed by atoms with van der Waals surface area (Å²) in [6.45, 7) is 0.826. The van der Waals surface area contributed by atoms with Gasteiger partial charge in [-0.25, -0.2) is 14.8 Å². The number of likely N-dealkylation sites (N-methyl/N-ethyl adjacent to an activating group) is 1. The molecule has 45 heavy (non-hydrogen) atoms. The Morgan fingerprint density at radius 3 is 2.00 bits per heavy atom. The first-order valence-electron chi connectivity index (χ1n) is 15.1. The second-order valence-corrected chi connectivity index (χ2v) is 11.4. The Hall–Kier alpha value is -5.15. The van der Waals surface area contributed by atoms with Gasteiger partial charge in [0.05, 0.1) is 20.2 Å². The van der Waals surface area contributed by atoms with E-state index in [1.165, 1.54) is 0 Å². The number of rotatable bonds is 8. The molecule has 9 heteroatoms. The van der Waals surface area contributed by atoms with E-state index in [0.29, 0.717) is 18.7 Å². The summed E-state index contributed by atoms with van der Waals surface area (Å²) < 4.78 is 5.25. The molecule has 2 unspecified atom stereocenters. The van der Waals surface area contributed by atoms with Crippen LogP contribution in [-0.4, -0.2) is 77.6 Å². The Morgan fingerprint density at radius 1 is 0.844 bits per heavy atom. The number of carbonyl (C=O) groups is 3. The first kappa shape index (κ1) is 29.9. The number of hydrazine groups is 1. The lowest BCUT2D eigenvalue weighted by atomic mass is 9.89. The monoisotopic (exact) mass is 603 g/mol. The first-order chi connectivity index (χ1) is 21.9. The molecule has 0 spiro atoms. The van der Waals surface area contributed by atoms with Gasteiger partial charge in [-0.15, -0.1) is 0 Å². The molecular formula is C36H37N5O4. The van der Waals surface area contributed by atoms with Gasteiger partial charge in [-0.3, -0.25) is 9.59 Å². The molecule has 6 rings (SSSR count). The predicted molar refractivity (Wildman–Crippen MR) is 171 cm³/mol. The zero-order chi connectivity index (χ0) is 31.3. The van der Waals surface area contributed by atoms with Crippen LogP contribution in [0.15, 0.2) is 115 Å². The molecule has 4 aromatic carbocycles.